The number of nitrogens with one attached hydrogen (secondary N) is 1. The van der Waals surface area contributed by atoms with E-state index in [0.29, 0.717) is 13.1 Å². The minimum Gasteiger partial charge on any atom is -0.481 e. The van der Waals surface area contributed by atoms with Crippen molar-refractivity contribution in [3.63, 3.8) is 0 Å². The summed E-state index contributed by atoms with van der Waals surface area (Å²) in [5, 5.41) is 21.0. The maximum Gasteiger partial charge on any atom is 0.307 e. The van der Waals surface area contributed by atoms with Crippen molar-refractivity contribution in [1.29, 1.82) is 0 Å². The number of aliphatic hydroxyl groups excluding tert-OH is 1. The van der Waals surface area contributed by atoms with E-state index < -0.39 is 18.0 Å². The van der Waals surface area contributed by atoms with Gasteiger partial charge in [0, 0.05) is 19.6 Å². The average molecular weight is 274 g/mol. The van der Waals surface area contributed by atoms with Crippen LogP contribution in [0.25, 0.3) is 0 Å². The number of aliphatic carboxylic acids is 1. The van der Waals surface area contributed by atoms with Crippen LogP contribution in [0, 0.1) is 5.92 Å². The van der Waals surface area contributed by atoms with E-state index in [2.05, 4.69) is 5.32 Å². The minimum atomic E-state index is -0.901. The molecule has 0 aliphatic heterocycles. The Labute approximate surface area is 114 Å². The number of carbonyl (C=O) groups excluding carboxylic acids is 1. The second kappa shape index (κ2) is 9.75. The molecular weight excluding hydrogens is 248 g/mol. The molecule has 0 heterocycles. The highest BCUT2D eigenvalue weighted by Crippen LogP contribution is 2.02. The highest BCUT2D eigenvalue weighted by atomic mass is 16.4. The molecule has 0 bridgehead atoms. The number of carboxylic acids is 1. The van der Waals surface area contributed by atoms with Gasteiger partial charge in [0.15, 0.2) is 0 Å². The van der Waals surface area contributed by atoms with E-state index in [9.17, 15) is 14.7 Å². The van der Waals surface area contributed by atoms with Crippen LogP contribution in [0.5, 0.6) is 0 Å². The molecule has 0 aliphatic rings. The van der Waals surface area contributed by atoms with Gasteiger partial charge in [0.1, 0.15) is 0 Å². The molecule has 0 aromatic rings. The third-order valence-corrected chi connectivity index (χ3v) is 2.70. The van der Waals surface area contributed by atoms with Gasteiger partial charge in [-0.15, -0.1) is 0 Å². The second-order valence-corrected chi connectivity index (χ2v) is 4.99. The molecule has 19 heavy (non-hydrogen) atoms. The van der Waals surface area contributed by atoms with Gasteiger partial charge >= 0.3 is 5.97 Å². The lowest BCUT2D eigenvalue weighted by molar-refractivity contribution is -0.142. The summed E-state index contributed by atoms with van der Waals surface area (Å²) in [7, 11) is 0. The van der Waals surface area contributed by atoms with Gasteiger partial charge in [-0.3, -0.25) is 14.5 Å². The van der Waals surface area contributed by atoms with E-state index in [4.69, 9.17) is 5.11 Å². The average Bonchev–Trinajstić information content (AvgIpc) is 2.27. The lowest BCUT2D eigenvalue weighted by Crippen LogP contribution is -2.43. The van der Waals surface area contributed by atoms with E-state index in [0.717, 1.165) is 12.8 Å². The van der Waals surface area contributed by atoms with Crippen molar-refractivity contribution in [3.8, 4) is 0 Å². The molecule has 6 heteroatoms. The smallest absolute Gasteiger partial charge is 0.307 e. The van der Waals surface area contributed by atoms with Crippen molar-refractivity contribution in [2.75, 3.05) is 26.2 Å². The standard InChI is InChI=1S/C13H26N2O4/c1-4-5-6-14-12(17)9-15(8-11(3)16)7-10(2)13(18)19/h10-11,16H,4-9H2,1-3H3,(H,14,17)(H,18,19). The van der Waals surface area contributed by atoms with Gasteiger partial charge in [-0.1, -0.05) is 20.3 Å². The van der Waals surface area contributed by atoms with Crippen molar-refractivity contribution < 1.29 is 19.8 Å². The van der Waals surface area contributed by atoms with Crippen LogP contribution in [0.15, 0.2) is 0 Å². The van der Waals surface area contributed by atoms with Gasteiger partial charge in [0.05, 0.1) is 18.6 Å². The molecule has 6 nitrogen and oxygen atoms in total. The first-order chi connectivity index (χ1) is 8.86. The van der Waals surface area contributed by atoms with Gasteiger partial charge in [-0.2, -0.15) is 0 Å². The lowest BCUT2D eigenvalue weighted by atomic mass is 10.1. The number of amides is 1. The van der Waals surface area contributed by atoms with E-state index in [1.54, 1.807) is 18.7 Å². The normalized spacial score (nSPS) is 14.2. The van der Waals surface area contributed by atoms with E-state index in [-0.39, 0.29) is 19.0 Å². The number of carboxylic acid groups (broad SMARTS) is 1. The third kappa shape index (κ3) is 9.44. The zero-order valence-electron chi connectivity index (χ0n) is 12.1. The molecule has 2 unspecified atom stereocenters. The summed E-state index contributed by atoms with van der Waals surface area (Å²) < 4.78 is 0. The maximum atomic E-state index is 11.7. The first kappa shape index (κ1) is 17.9. The Balaban J connectivity index is 4.25. The highest BCUT2D eigenvalue weighted by Gasteiger charge is 2.19. The molecule has 0 radical (unpaired) electrons. The van der Waals surface area contributed by atoms with Crippen LogP contribution in [-0.2, 0) is 9.59 Å². The molecular formula is C13H26N2O4. The van der Waals surface area contributed by atoms with Crippen molar-refractivity contribution in [2.45, 2.75) is 39.7 Å². The number of aliphatic hydroxyl groups is 1. The molecule has 0 aromatic carbocycles. The molecule has 1 amide bonds. The highest BCUT2D eigenvalue weighted by molar-refractivity contribution is 5.78. The first-order valence-corrected chi connectivity index (χ1v) is 6.76. The third-order valence-electron chi connectivity index (χ3n) is 2.70. The molecule has 0 aromatic heterocycles. The van der Waals surface area contributed by atoms with Gasteiger partial charge < -0.3 is 15.5 Å². The first-order valence-electron chi connectivity index (χ1n) is 6.76. The van der Waals surface area contributed by atoms with Gasteiger partial charge in [0.25, 0.3) is 0 Å². The van der Waals surface area contributed by atoms with Crippen molar-refractivity contribution in [3.05, 3.63) is 0 Å². The minimum absolute atomic E-state index is 0.117. The number of hydrogen-bond acceptors (Lipinski definition) is 4. The second-order valence-electron chi connectivity index (χ2n) is 4.99. The van der Waals surface area contributed by atoms with Gasteiger partial charge in [0.2, 0.25) is 5.91 Å². The molecule has 0 spiro atoms. The summed E-state index contributed by atoms with van der Waals surface area (Å²) in [6, 6.07) is 0. The fourth-order valence-electron chi connectivity index (χ4n) is 1.71. The molecule has 0 saturated carbocycles. The predicted molar refractivity (Wildman–Crippen MR) is 72.8 cm³/mol. The van der Waals surface area contributed by atoms with Gasteiger partial charge in [-0.05, 0) is 13.3 Å². The fraction of sp³-hybridized carbons (Fsp3) is 0.846. The summed E-state index contributed by atoms with van der Waals surface area (Å²) in [5.74, 6) is -1.60. The monoisotopic (exact) mass is 274 g/mol. The lowest BCUT2D eigenvalue weighted by Gasteiger charge is -2.24. The fourth-order valence-corrected chi connectivity index (χ4v) is 1.71. The SMILES string of the molecule is CCCCNC(=O)CN(CC(C)O)CC(C)C(=O)O. The summed E-state index contributed by atoms with van der Waals surface area (Å²) in [5.41, 5.74) is 0. The Bertz CT molecular complexity index is 282. The Kier molecular flexibility index (Phi) is 9.16. The van der Waals surface area contributed by atoms with E-state index in [1.807, 2.05) is 6.92 Å². The molecule has 0 aliphatic carbocycles. The van der Waals surface area contributed by atoms with Crippen LogP contribution in [0.1, 0.15) is 33.6 Å². The Hall–Kier alpha value is -1.14. The summed E-state index contributed by atoms with van der Waals surface area (Å²) in [6.45, 7) is 6.54. The van der Waals surface area contributed by atoms with Crippen LogP contribution >= 0.6 is 0 Å². The largest absolute Gasteiger partial charge is 0.481 e. The quantitative estimate of drug-likeness (QED) is 0.499. The molecule has 0 saturated heterocycles. The zero-order chi connectivity index (χ0) is 14.8. The van der Waals surface area contributed by atoms with Crippen LogP contribution in [0.2, 0.25) is 0 Å². The molecule has 3 N–H and O–H groups in total. The van der Waals surface area contributed by atoms with Crippen molar-refractivity contribution in [1.82, 2.24) is 10.2 Å². The van der Waals surface area contributed by atoms with E-state index >= 15 is 0 Å². The summed E-state index contributed by atoms with van der Waals surface area (Å²) >= 11 is 0. The molecule has 2 atom stereocenters. The van der Waals surface area contributed by atoms with E-state index in [1.165, 1.54) is 0 Å². The Morgan fingerprint density at radius 1 is 1.26 bits per heavy atom. The summed E-state index contributed by atoms with van der Waals surface area (Å²) in [6.07, 6.45) is 1.34. The van der Waals surface area contributed by atoms with Crippen LogP contribution in [0.4, 0.5) is 0 Å². The molecule has 0 rings (SSSR count). The topological polar surface area (TPSA) is 89.9 Å². The molecule has 112 valence electrons. The van der Waals surface area contributed by atoms with Crippen LogP contribution < -0.4 is 5.32 Å². The molecule has 0 fully saturated rings. The van der Waals surface area contributed by atoms with Crippen molar-refractivity contribution in [2.24, 2.45) is 5.92 Å². The zero-order valence-corrected chi connectivity index (χ0v) is 12.1. The predicted octanol–water partition coefficient (Wildman–Crippen LogP) is 0.306. The van der Waals surface area contributed by atoms with Crippen molar-refractivity contribution >= 4 is 11.9 Å². The summed E-state index contributed by atoms with van der Waals surface area (Å²) in [4.78, 5) is 24.2. The number of rotatable bonds is 10. The number of hydrogen-bond donors (Lipinski definition) is 3. The number of carbonyl (C=O) groups is 2. The number of nitrogens with zero attached hydrogens (tertiary/aromatic N) is 1. The van der Waals surface area contributed by atoms with Crippen LogP contribution in [-0.4, -0.2) is 59.3 Å². The van der Waals surface area contributed by atoms with Crippen LogP contribution in [0.3, 0.4) is 0 Å². The van der Waals surface area contributed by atoms with Gasteiger partial charge in [-0.25, -0.2) is 0 Å². The number of unbranched alkanes of at least 4 members (excludes halogenated alkanes) is 1. The Morgan fingerprint density at radius 3 is 2.37 bits per heavy atom. The Morgan fingerprint density at radius 2 is 1.89 bits per heavy atom. The maximum absolute atomic E-state index is 11.7.